The van der Waals surface area contributed by atoms with Crippen molar-refractivity contribution in [2.24, 2.45) is 0 Å². The third kappa shape index (κ3) is 5.80. The average Bonchev–Trinajstić information content (AvgIpc) is 3.16. The number of hydrogen-bond acceptors (Lipinski definition) is 4. The standard InChI is InChI=1S/C24H26Cl3N3O2.2ClH/c25-16-2-4-21-18(12-16)17-5-6-30(14-23(31)15-1-3-19(26)20(27)11-15)22(24(17)28-21)13-29-7-9-32-10-8-29;;/h1-4,11-12,22-23,28,31H,5-10,13-14H2;2*1H. The first kappa shape index (κ1) is 27.9. The number of aromatic nitrogens is 1. The van der Waals surface area contributed by atoms with Gasteiger partial charge in [-0.25, -0.2) is 0 Å². The second-order valence-electron chi connectivity index (χ2n) is 8.57. The number of morpholine rings is 1. The van der Waals surface area contributed by atoms with Crippen molar-refractivity contribution in [3.8, 4) is 0 Å². The minimum absolute atomic E-state index is 0. The van der Waals surface area contributed by atoms with E-state index >= 15 is 0 Å². The van der Waals surface area contributed by atoms with E-state index in [0.29, 0.717) is 16.6 Å². The van der Waals surface area contributed by atoms with Crippen LogP contribution in [-0.2, 0) is 11.2 Å². The van der Waals surface area contributed by atoms with Crippen molar-refractivity contribution in [3.05, 3.63) is 68.3 Å². The number of fused-ring (bicyclic) bond motifs is 3. The van der Waals surface area contributed by atoms with Gasteiger partial charge in [0.25, 0.3) is 0 Å². The summed E-state index contributed by atoms with van der Waals surface area (Å²) in [6.45, 7) is 5.61. The van der Waals surface area contributed by atoms with Gasteiger partial charge >= 0.3 is 0 Å². The SMILES string of the molecule is Cl.Cl.OC(CN1CCc2c([nH]c3ccc(Cl)cc23)C1CN1CCOCC1)c1ccc(Cl)c(Cl)c1. The fourth-order valence-electron chi connectivity index (χ4n) is 4.89. The Labute approximate surface area is 227 Å². The largest absolute Gasteiger partial charge is 0.387 e. The Hall–Kier alpha value is -0.730. The van der Waals surface area contributed by atoms with Crippen LogP contribution in [0, 0.1) is 0 Å². The molecule has 10 heteroatoms. The summed E-state index contributed by atoms with van der Waals surface area (Å²) in [5.41, 5.74) is 4.44. The Morgan fingerprint density at radius 2 is 1.76 bits per heavy atom. The molecule has 0 aliphatic carbocycles. The fraction of sp³-hybridized carbons (Fsp3) is 0.417. The highest BCUT2D eigenvalue weighted by molar-refractivity contribution is 6.42. The molecule has 0 amide bonds. The maximum atomic E-state index is 11.0. The molecule has 2 unspecified atom stereocenters. The Balaban J connectivity index is 0.00000162. The number of H-pyrrole nitrogens is 1. The zero-order valence-electron chi connectivity index (χ0n) is 18.5. The van der Waals surface area contributed by atoms with E-state index in [4.69, 9.17) is 39.5 Å². The van der Waals surface area contributed by atoms with E-state index in [0.717, 1.165) is 61.9 Å². The van der Waals surface area contributed by atoms with Gasteiger partial charge in [0.2, 0.25) is 0 Å². The van der Waals surface area contributed by atoms with Gasteiger partial charge in [-0.1, -0.05) is 40.9 Å². The number of benzene rings is 2. The Bertz CT molecular complexity index is 1120. The summed E-state index contributed by atoms with van der Waals surface area (Å²) in [4.78, 5) is 8.49. The van der Waals surface area contributed by atoms with Crippen molar-refractivity contribution in [3.63, 3.8) is 0 Å². The summed E-state index contributed by atoms with van der Waals surface area (Å²) >= 11 is 18.6. The molecule has 5 nitrogen and oxygen atoms in total. The first-order chi connectivity index (χ1) is 15.5. The van der Waals surface area contributed by atoms with Gasteiger partial charge in [-0.05, 0) is 47.9 Å². The molecular weight excluding hydrogens is 540 g/mol. The van der Waals surface area contributed by atoms with Crippen LogP contribution in [0.2, 0.25) is 15.1 Å². The Kier molecular flexibility index (Phi) is 9.83. The van der Waals surface area contributed by atoms with Crippen molar-refractivity contribution >= 4 is 70.5 Å². The molecule has 2 N–H and O–H groups in total. The van der Waals surface area contributed by atoms with Gasteiger partial charge in [0, 0.05) is 54.3 Å². The van der Waals surface area contributed by atoms with E-state index in [1.165, 1.54) is 16.6 Å². The summed E-state index contributed by atoms with van der Waals surface area (Å²) < 4.78 is 5.55. The van der Waals surface area contributed by atoms with E-state index < -0.39 is 6.10 Å². The monoisotopic (exact) mass is 565 g/mol. The van der Waals surface area contributed by atoms with Gasteiger partial charge in [-0.3, -0.25) is 9.80 Å². The van der Waals surface area contributed by atoms with E-state index in [2.05, 4.69) is 26.9 Å². The second kappa shape index (κ2) is 12.0. The number of ether oxygens (including phenoxy) is 1. The highest BCUT2D eigenvalue weighted by atomic mass is 35.5. The van der Waals surface area contributed by atoms with Gasteiger partial charge in [0.05, 0.1) is 35.4 Å². The molecular formula is C24H28Cl5N3O2. The van der Waals surface area contributed by atoms with E-state index in [1.807, 2.05) is 12.1 Å². The Morgan fingerprint density at radius 1 is 1.00 bits per heavy atom. The van der Waals surface area contributed by atoms with Crippen LogP contribution in [0.1, 0.15) is 29.0 Å². The summed E-state index contributed by atoms with van der Waals surface area (Å²) in [7, 11) is 0. The van der Waals surface area contributed by atoms with Crippen molar-refractivity contribution in [2.45, 2.75) is 18.6 Å². The third-order valence-electron chi connectivity index (χ3n) is 6.59. The van der Waals surface area contributed by atoms with Crippen LogP contribution in [0.4, 0.5) is 0 Å². The van der Waals surface area contributed by atoms with Gasteiger partial charge < -0.3 is 14.8 Å². The smallest absolute Gasteiger partial charge is 0.0917 e. The number of rotatable bonds is 5. The lowest BCUT2D eigenvalue weighted by Gasteiger charge is -2.40. The van der Waals surface area contributed by atoms with Crippen LogP contribution >= 0.6 is 59.6 Å². The zero-order chi connectivity index (χ0) is 22.2. The first-order valence-electron chi connectivity index (χ1n) is 11.0. The van der Waals surface area contributed by atoms with Gasteiger partial charge in [0.1, 0.15) is 0 Å². The van der Waals surface area contributed by atoms with E-state index in [9.17, 15) is 5.11 Å². The topological polar surface area (TPSA) is 51.7 Å². The van der Waals surface area contributed by atoms with E-state index in [-0.39, 0.29) is 30.9 Å². The molecule has 2 aliphatic heterocycles. The summed E-state index contributed by atoms with van der Waals surface area (Å²) in [5, 5.41) is 13.9. The molecule has 1 saturated heterocycles. The van der Waals surface area contributed by atoms with Crippen molar-refractivity contribution in [1.29, 1.82) is 0 Å². The molecule has 5 rings (SSSR count). The molecule has 186 valence electrons. The quantitative estimate of drug-likeness (QED) is 0.401. The highest BCUT2D eigenvalue weighted by Gasteiger charge is 2.33. The molecule has 3 heterocycles. The van der Waals surface area contributed by atoms with Crippen LogP contribution in [-0.4, -0.2) is 65.8 Å². The van der Waals surface area contributed by atoms with Crippen LogP contribution < -0.4 is 0 Å². The molecule has 0 bridgehead atoms. The molecule has 0 radical (unpaired) electrons. The summed E-state index contributed by atoms with van der Waals surface area (Å²) in [6.07, 6.45) is 0.251. The summed E-state index contributed by atoms with van der Waals surface area (Å²) in [5.74, 6) is 0. The average molecular weight is 568 g/mol. The number of β-amino-alcohol motifs (C(OH)–C–C–N with tert-alkyl or cyclic N) is 1. The minimum Gasteiger partial charge on any atom is -0.387 e. The molecule has 2 aromatic carbocycles. The molecule has 2 atom stereocenters. The number of aromatic amines is 1. The third-order valence-corrected chi connectivity index (χ3v) is 7.57. The lowest BCUT2D eigenvalue weighted by molar-refractivity contribution is 0.0117. The fourth-order valence-corrected chi connectivity index (χ4v) is 5.37. The predicted octanol–water partition coefficient (Wildman–Crippen LogP) is 5.94. The van der Waals surface area contributed by atoms with Gasteiger partial charge in [-0.15, -0.1) is 24.8 Å². The number of halogens is 5. The zero-order valence-corrected chi connectivity index (χ0v) is 22.4. The predicted molar refractivity (Wildman–Crippen MR) is 145 cm³/mol. The molecule has 2 aliphatic rings. The normalized spacial score (nSPS) is 19.8. The number of nitrogens with one attached hydrogen (secondary N) is 1. The molecule has 34 heavy (non-hydrogen) atoms. The van der Waals surface area contributed by atoms with Gasteiger partial charge in [0.15, 0.2) is 0 Å². The second-order valence-corrected chi connectivity index (χ2v) is 9.82. The minimum atomic E-state index is -0.655. The van der Waals surface area contributed by atoms with E-state index in [1.54, 1.807) is 12.1 Å². The van der Waals surface area contributed by atoms with Crippen molar-refractivity contribution in [1.82, 2.24) is 14.8 Å². The van der Waals surface area contributed by atoms with Crippen LogP contribution in [0.3, 0.4) is 0 Å². The maximum absolute atomic E-state index is 11.0. The molecule has 1 aromatic heterocycles. The summed E-state index contributed by atoms with van der Waals surface area (Å²) in [6, 6.07) is 11.5. The van der Waals surface area contributed by atoms with Crippen LogP contribution in [0.25, 0.3) is 10.9 Å². The number of hydrogen-bond donors (Lipinski definition) is 2. The number of aliphatic hydroxyl groups is 1. The number of aliphatic hydroxyl groups excluding tert-OH is 1. The molecule has 0 saturated carbocycles. The molecule has 3 aromatic rings. The Morgan fingerprint density at radius 3 is 2.50 bits per heavy atom. The molecule has 0 spiro atoms. The molecule has 1 fully saturated rings. The first-order valence-corrected chi connectivity index (χ1v) is 12.1. The van der Waals surface area contributed by atoms with Crippen LogP contribution in [0.15, 0.2) is 36.4 Å². The highest BCUT2D eigenvalue weighted by Crippen LogP contribution is 2.37. The lowest BCUT2D eigenvalue weighted by Crippen LogP contribution is -2.46. The lowest BCUT2D eigenvalue weighted by atomic mass is 9.95. The van der Waals surface area contributed by atoms with Crippen LogP contribution in [0.5, 0.6) is 0 Å². The maximum Gasteiger partial charge on any atom is 0.0917 e. The van der Waals surface area contributed by atoms with Crippen molar-refractivity contribution < 1.29 is 9.84 Å². The van der Waals surface area contributed by atoms with Gasteiger partial charge in [-0.2, -0.15) is 0 Å². The van der Waals surface area contributed by atoms with Crippen molar-refractivity contribution in [2.75, 3.05) is 45.9 Å². The number of nitrogens with zero attached hydrogens (tertiary/aromatic N) is 2.